The van der Waals surface area contributed by atoms with Gasteiger partial charge in [0.1, 0.15) is 6.04 Å². The standard InChI is InChI=1S/C13H22N2O3S/c1-2-9-5-3-4-6-10(9)14-13(18)15-8-19-7-11(15)12(16)17/h9-11H,2-8H2,1H3,(H,14,18)(H,16,17)/t9?,10?,11-/m0/s1. The minimum atomic E-state index is -0.907. The van der Waals surface area contributed by atoms with Crippen molar-refractivity contribution in [3.05, 3.63) is 0 Å². The largest absolute Gasteiger partial charge is 0.480 e. The highest BCUT2D eigenvalue weighted by atomic mass is 32.2. The summed E-state index contributed by atoms with van der Waals surface area (Å²) < 4.78 is 0. The molecular weight excluding hydrogens is 264 g/mol. The molecule has 1 heterocycles. The molecule has 3 atom stereocenters. The van der Waals surface area contributed by atoms with Gasteiger partial charge >= 0.3 is 12.0 Å². The van der Waals surface area contributed by atoms with Crippen LogP contribution >= 0.6 is 11.8 Å². The highest BCUT2D eigenvalue weighted by Gasteiger charge is 2.36. The number of urea groups is 1. The summed E-state index contributed by atoms with van der Waals surface area (Å²) in [4.78, 5) is 24.8. The van der Waals surface area contributed by atoms with E-state index in [2.05, 4.69) is 12.2 Å². The lowest BCUT2D eigenvalue weighted by molar-refractivity contribution is -0.140. The van der Waals surface area contributed by atoms with Gasteiger partial charge in [0.25, 0.3) is 0 Å². The number of hydrogen-bond acceptors (Lipinski definition) is 3. The normalized spacial score (nSPS) is 31.2. The predicted molar refractivity (Wildman–Crippen MR) is 75.2 cm³/mol. The topological polar surface area (TPSA) is 69.6 Å². The van der Waals surface area contributed by atoms with Crippen LogP contribution < -0.4 is 5.32 Å². The summed E-state index contributed by atoms with van der Waals surface area (Å²) in [5.74, 6) is 0.601. The van der Waals surface area contributed by atoms with E-state index < -0.39 is 12.0 Å². The van der Waals surface area contributed by atoms with Gasteiger partial charge in [-0.3, -0.25) is 0 Å². The molecule has 1 saturated carbocycles. The van der Waals surface area contributed by atoms with Gasteiger partial charge < -0.3 is 15.3 Å². The molecule has 2 unspecified atom stereocenters. The van der Waals surface area contributed by atoms with Crippen molar-refractivity contribution in [2.45, 2.75) is 51.1 Å². The van der Waals surface area contributed by atoms with Gasteiger partial charge in [0.2, 0.25) is 0 Å². The first-order valence-corrected chi connectivity index (χ1v) is 8.16. The molecule has 2 fully saturated rings. The fraction of sp³-hybridized carbons (Fsp3) is 0.846. The number of carboxylic acids is 1. The molecular formula is C13H22N2O3S. The molecule has 0 radical (unpaired) electrons. The third kappa shape index (κ3) is 3.35. The Balaban J connectivity index is 1.94. The lowest BCUT2D eigenvalue weighted by atomic mass is 9.83. The first-order chi connectivity index (χ1) is 9.13. The molecule has 2 aliphatic rings. The lowest BCUT2D eigenvalue weighted by Gasteiger charge is -2.33. The van der Waals surface area contributed by atoms with Crippen molar-refractivity contribution < 1.29 is 14.7 Å². The highest BCUT2D eigenvalue weighted by molar-refractivity contribution is 7.99. The third-order valence-corrected chi connectivity index (χ3v) is 5.18. The summed E-state index contributed by atoms with van der Waals surface area (Å²) in [5.41, 5.74) is 0. The summed E-state index contributed by atoms with van der Waals surface area (Å²) in [6.07, 6.45) is 5.64. The average Bonchev–Trinajstić information content (AvgIpc) is 2.88. The van der Waals surface area contributed by atoms with Gasteiger partial charge in [-0.2, -0.15) is 0 Å². The zero-order valence-electron chi connectivity index (χ0n) is 11.3. The van der Waals surface area contributed by atoms with E-state index in [0.29, 0.717) is 17.5 Å². The zero-order chi connectivity index (χ0) is 13.8. The van der Waals surface area contributed by atoms with Crippen LogP contribution in [0.15, 0.2) is 0 Å². The fourth-order valence-corrected chi connectivity index (χ4v) is 4.12. The van der Waals surface area contributed by atoms with Crippen molar-refractivity contribution >= 4 is 23.8 Å². The molecule has 0 aromatic heterocycles. The number of nitrogens with zero attached hydrogens (tertiary/aromatic N) is 1. The molecule has 2 N–H and O–H groups in total. The van der Waals surface area contributed by atoms with Gasteiger partial charge in [0, 0.05) is 11.8 Å². The Morgan fingerprint density at radius 2 is 2.11 bits per heavy atom. The first-order valence-electron chi connectivity index (χ1n) is 7.01. The number of nitrogens with one attached hydrogen (secondary N) is 1. The lowest BCUT2D eigenvalue weighted by Crippen LogP contribution is -2.51. The molecule has 1 aliphatic carbocycles. The van der Waals surface area contributed by atoms with Crippen molar-refractivity contribution in [3.63, 3.8) is 0 Å². The van der Waals surface area contributed by atoms with Crippen LogP contribution in [-0.2, 0) is 4.79 Å². The van der Waals surface area contributed by atoms with E-state index in [-0.39, 0.29) is 12.1 Å². The van der Waals surface area contributed by atoms with Crippen LogP contribution in [0.1, 0.15) is 39.0 Å². The fourth-order valence-electron chi connectivity index (χ4n) is 2.98. The van der Waals surface area contributed by atoms with E-state index in [0.717, 1.165) is 19.3 Å². The number of hydrogen-bond donors (Lipinski definition) is 2. The van der Waals surface area contributed by atoms with Crippen LogP contribution in [0.4, 0.5) is 4.79 Å². The van der Waals surface area contributed by atoms with Gasteiger partial charge in [-0.1, -0.05) is 26.2 Å². The van der Waals surface area contributed by atoms with Crippen LogP contribution in [0.25, 0.3) is 0 Å². The quantitative estimate of drug-likeness (QED) is 0.834. The van der Waals surface area contributed by atoms with Crippen LogP contribution in [0, 0.1) is 5.92 Å². The molecule has 2 amide bonds. The van der Waals surface area contributed by atoms with E-state index >= 15 is 0 Å². The molecule has 0 aromatic carbocycles. The second-order valence-electron chi connectivity index (χ2n) is 5.33. The number of aliphatic carboxylic acids is 1. The number of amides is 2. The highest BCUT2D eigenvalue weighted by Crippen LogP contribution is 2.28. The Morgan fingerprint density at radius 1 is 1.37 bits per heavy atom. The molecule has 108 valence electrons. The van der Waals surface area contributed by atoms with Crippen LogP contribution in [0.5, 0.6) is 0 Å². The van der Waals surface area contributed by atoms with Crippen molar-refractivity contribution in [2.24, 2.45) is 5.92 Å². The molecule has 0 aromatic rings. The molecule has 2 rings (SSSR count). The Bertz CT molecular complexity index is 351. The monoisotopic (exact) mass is 286 g/mol. The van der Waals surface area contributed by atoms with Gasteiger partial charge in [-0.05, 0) is 18.8 Å². The summed E-state index contributed by atoms with van der Waals surface area (Å²) in [6, 6.07) is -0.664. The third-order valence-electron chi connectivity index (χ3n) is 4.17. The molecule has 1 aliphatic heterocycles. The van der Waals surface area contributed by atoms with Gasteiger partial charge in [0.15, 0.2) is 0 Å². The van der Waals surface area contributed by atoms with E-state index in [1.807, 2.05) is 0 Å². The smallest absolute Gasteiger partial charge is 0.327 e. The summed E-state index contributed by atoms with van der Waals surface area (Å²) in [5, 5.41) is 12.2. The number of carbonyl (C=O) groups excluding carboxylic acids is 1. The van der Waals surface area contributed by atoms with Crippen molar-refractivity contribution in [1.82, 2.24) is 10.2 Å². The average molecular weight is 286 g/mol. The van der Waals surface area contributed by atoms with Crippen molar-refractivity contribution in [1.29, 1.82) is 0 Å². The molecule has 5 nitrogen and oxygen atoms in total. The zero-order valence-corrected chi connectivity index (χ0v) is 12.1. The maximum atomic E-state index is 12.2. The first kappa shape index (κ1) is 14.5. The minimum Gasteiger partial charge on any atom is -0.480 e. The van der Waals surface area contributed by atoms with Crippen LogP contribution in [0.3, 0.4) is 0 Å². The summed E-state index contributed by atoms with van der Waals surface area (Å²) in [7, 11) is 0. The number of carbonyl (C=O) groups is 2. The van der Waals surface area contributed by atoms with Gasteiger partial charge in [0.05, 0.1) is 5.88 Å². The minimum absolute atomic E-state index is 0.206. The predicted octanol–water partition coefficient (Wildman–Crippen LogP) is 2.12. The second-order valence-corrected chi connectivity index (χ2v) is 6.33. The Hall–Kier alpha value is -0.910. The number of thioether (sulfide) groups is 1. The molecule has 1 saturated heterocycles. The maximum Gasteiger partial charge on any atom is 0.327 e. The van der Waals surface area contributed by atoms with Crippen molar-refractivity contribution in [2.75, 3.05) is 11.6 Å². The molecule has 6 heteroatoms. The Morgan fingerprint density at radius 3 is 2.79 bits per heavy atom. The van der Waals surface area contributed by atoms with E-state index in [9.17, 15) is 9.59 Å². The summed E-state index contributed by atoms with van der Waals surface area (Å²) >= 11 is 1.50. The van der Waals surface area contributed by atoms with Crippen molar-refractivity contribution in [3.8, 4) is 0 Å². The summed E-state index contributed by atoms with van der Waals surface area (Å²) in [6.45, 7) is 2.15. The Labute approximate surface area is 118 Å². The maximum absolute atomic E-state index is 12.2. The van der Waals surface area contributed by atoms with E-state index in [1.54, 1.807) is 0 Å². The van der Waals surface area contributed by atoms with E-state index in [4.69, 9.17) is 5.11 Å². The van der Waals surface area contributed by atoms with Gasteiger partial charge in [-0.15, -0.1) is 11.8 Å². The van der Waals surface area contributed by atoms with Crippen LogP contribution in [-0.4, -0.2) is 45.7 Å². The Kier molecular flexibility index (Phi) is 4.96. The second kappa shape index (κ2) is 6.50. The van der Waals surface area contributed by atoms with Gasteiger partial charge in [-0.25, -0.2) is 9.59 Å². The molecule has 0 bridgehead atoms. The molecule has 0 spiro atoms. The van der Waals surface area contributed by atoms with Crippen LogP contribution in [0.2, 0.25) is 0 Å². The molecule has 19 heavy (non-hydrogen) atoms. The van der Waals surface area contributed by atoms with E-state index in [1.165, 1.54) is 29.5 Å². The number of carboxylic acid groups (broad SMARTS) is 1. The number of rotatable bonds is 3. The SMILES string of the molecule is CCC1CCCCC1NC(=O)N1CSC[C@H]1C(=O)O.